The summed E-state index contributed by atoms with van der Waals surface area (Å²) in [7, 11) is 0. The first-order valence-electron chi connectivity index (χ1n) is 6.22. The number of ether oxygens (including phenoxy) is 1. The molecule has 0 aliphatic rings. The average Bonchev–Trinajstić information content (AvgIpc) is 3.00. The number of nitrogens with zero attached hydrogens (tertiary/aromatic N) is 1. The van der Waals surface area contributed by atoms with Gasteiger partial charge < -0.3 is 9.26 Å². The quantitative estimate of drug-likeness (QED) is 0.524. The molecule has 3 aromatic rings. The first-order chi connectivity index (χ1) is 10.2. The van der Waals surface area contributed by atoms with E-state index in [0.717, 1.165) is 10.0 Å². The second-order valence-electron chi connectivity index (χ2n) is 4.29. The molecule has 0 N–H and O–H groups in total. The van der Waals surface area contributed by atoms with E-state index in [4.69, 9.17) is 9.26 Å². The van der Waals surface area contributed by atoms with E-state index in [9.17, 15) is 4.79 Å². The first-order valence-corrected chi connectivity index (χ1v) is 7.01. The van der Waals surface area contributed by atoms with Gasteiger partial charge in [-0.3, -0.25) is 0 Å². The maximum absolute atomic E-state index is 12.0. The number of aromatic nitrogens is 1. The summed E-state index contributed by atoms with van der Waals surface area (Å²) in [6, 6.07) is 18.0. The van der Waals surface area contributed by atoms with Crippen molar-refractivity contribution in [2.45, 2.75) is 0 Å². The highest BCUT2D eigenvalue weighted by Gasteiger charge is 2.15. The van der Waals surface area contributed by atoms with Crippen molar-refractivity contribution in [2.75, 3.05) is 0 Å². The van der Waals surface area contributed by atoms with Crippen molar-refractivity contribution in [1.29, 1.82) is 0 Å². The van der Waals surface area contributed by atoms with Crippen LogP contribution in [0.3, 0.4) is 0 Å². The van der Waals surface area contributed by atoms with Gasteiger partial charge >= 0.3 is 5.97 Å². The molecule has 5 heteroatoms. The van der Waals surface area contributed by atoms with Crippen LogP contribution in [0.5, 0.6) is 5.75 Å². The van der Waals surface area contributed by atoms with E-state index < -0.39 is 5.97 Å². The first kappa shape index (κ1) is 13.6. The number of esters is 1. The molecule has 0 saturated heterocycles. The van der Waals surface area contributed by atoms with Gasteiger partial charge in [0.15, 0.2) is 11.5 Å². The Balaban J connectivity index is 1.77. The van der Waals surface area contributed by atoms with E-state index in [2.05, 4.69) is 21.1 Å². The van der Waals surface area contributed by atoms with E-state index in [0.29, 0.717) is 11.5 Å². The van der Waals surface area contributed by atoms with Crippen molar-refractivity contribution in [1.82, 2.24) is 5.16 Å². The minimum Gasteiger partial charge on any atom is -0.422 e. The molecule has 1 heterocycles. The second kappa shape index (κ2) is 5.93. The molecule has 0 amide bonds. The number of rotatable bonds is 3. The summed E-state index contributed by atoms with van der Waals surface area (Å²) >= 11 is 3.32. The Hall–Kier alpha value is -2.40. The SMILES string of the molecule is O=C(Oc1ccc(Br)cc1)c1cc(-c2ccccc2)on1. The molecule has 0 radical (unpaired) electrons. The Kier molecular flexibility index (Phi) is 3.83. The normalized spacial score (nSPS) is 10.3. The third kappa shape index (κ3) is 3.20. The number of halogens is 1. The Bertz CT molecular complexity index is 751. The minimum atomic E-state index is -0.553. The zero-order valence-corrected chi connectivity index (χ0v) is 12.4. The maximum atomic E-state index is 12.0. The number of carbonyl (C=O) groups excluding carboxylic acids is 1. The van der Waals surface area contributed by atoms with Crippen molar-refractivity contribution in [3.05, 3.63) is 70.8 Å². The molecular formula is C16H10BrNO3. The van der Waals surface area contributed by atoms with Gasteiger partial charge in [-0.2, -0.15) is 0 Å². The van der Waals surface area contributed by atoms with Crippen LogP contribution in [0.4, 0.5) is 0 Å². The van der Waals surface area contributed by atoms with E-state index >= 15 is 0 Å². The van der Waals surface area contributed by atoms with Crippen molar-refractivity contribution in [3.63, 3.8) is 0 Å². The summed E-state index contributed by atoms with van der Waals surface area (Å²) in [5, 5.41) is 3.75. The predicted octanol–water partition coefficient (Wildman–Crippen LogP) is 4.32. The largest absolute Gasteiger partial charge is 0.422 e. The van der Waals surface area contributed by atoms with E-state index in [1.807, 2.05) is 30.3 Å². The molecule has 0 aliphatic carbocycles. The molecule has 0 atom stereocenters. The lowest BCUT2D eigenvalue weighted by Gasteiger charge is -2.01. The van der Waals surface area contributed by atoms with Gasteiger partial charge in [-0.1, -0.05) is 51.4 Å². The van der Waals surface area contributed by atoms with Gasteiger partial charge in [-0.05, 0) is 24.3 Å². The molecule has 0 spiro atoms. The van der Waals surface area contributed by atoms with Gasteiger partial charge in [0.2, 0.25) is 0 Å². The molecule has 3 rings (SSSR count). The zero-order valence-electron chi connectivity index (χ0n) is 10.8. The van der Waals surface area contributed by atoms with Gasteiger partial charge in [0.25, 0.3) is 0 Å². The number of carbonyl (C=O) groups is 1. The van der Waals surface area contributed by atoms with Gasteiger partial charge in [-0.25, -0.2) is 4.79 Å². The van der Waals surface area contributed by atoms with Crippen LogP contribution in [-0.2, 0) is 0 Å². The van der Waals surface area contributed by atoms with Crippen LogP contribution in [0.2, 0.25) is 0 Å². The highest BCUT2D eigenvalue weighted by molar-refractivity contribution is 9.10. The molecule has 104 valence electrons. The molecule has 0 unspecified atom stereocenters. The van der Waals surface area contributed by atoms with E-state index in [1.165, 1.54) is 0 Å². The van der Waals surface area contributed by atoms with Crippen LogP contribution in [0.15, 0.2) is 69.7 Å². The van der Waals surface area contributed by atoms with Crippen LogP contribution in [0, 0.1) is 0 Å². The summed E-state index contributed by atoms with van der Waals surface area (Å²) in [6.07, 6.45) is 0. The van der Waals surface area contributed by atoms with Crippen molar-refractivity contribution < 1.29 is 14.1 Å². The van der Waals surface area contributed by atoms with Crippen molar-refractivity contribution in [3.8, 4) is 17.1 Å². The maximum Gasteiger partial charge on any atom is 0.365 e. The summed E-state index contributed by atoms with van der Waals surface area (Å²) in [5.74, 6) is 0.425. The average molecular weight is 344 g/mol. The Morgan fingerprint density at radius 3 is 2.48 bits per heavy atom. The summed E-state index contributed by atoms with van der Waals surface area (Å²) in [6.45, 7) is 0. The zero-order chi connectivity index (χ0) is 14.7. The highest BCUT2D eigenvalue weighted by atomic mass is 79.9. The smallest absolute Gasteiger partial charge is 0.365 e. The molecule has 4 nitrogen and oxygen atoms in total. The van der Waals surface area contributed by atoms with Gasteiger partial charge in [-0.15, -0.1) is 0 Å². The van der Waals surface area contributed by atoms with Gasteiger partial charge in [0, 0.05) is 16.1 Å². The molecule has 0 bridgehead atoms. The summed E-state index contributed by atoms with van der Waals surface area (Å²) in [4.78, 5) is 12.0. The Labute approximate surface area is 129 Å². The second-order valence-corrected chi connectivity index (χ2v) is 5.20. The fraction of sp³-hybridized carbons (Fsp3) is 0. The third-order valence-corrected chi connectivity index (χ3v) is 3.33. The molecule has 0 aliphatic heterocycles. The Morgan fingerprint density at radius 1 is 1.05 bits per heavy atom. The number of hydrogen-bond donors (Lipinski definition) is 0. The van der Waals surface area contributed by atoms with E-state index in [1.54, 1.807) is 30.3 Å². The van der Waals surface area contributed by atoms with Crippen LogP contribution in [-0.4, -0.2) is 11.1 Å². The van der Waals surface area contributed by atoms with E-state index in [-0.39, 0.29) is 5.69 Å². The third-order valence-electron chi connectivity index (χ3n) is 2.80. The molecule has 2 aromatic carbocycles. The predicted molar refractivity (Wildman–Crippen MR) is 81.0 cm³/mol. The lowest BCUT2D eigenvalue weighted by molar-refractivity contribution is 0.0724. The minimum absolute atomic E-state index is 0.136. The van der Waals surface area contributed by atoms with Crippen LogP contribution in [0.1, 0.15) is 10.5 Å². The van der Waals surface area contributed by atoms with Crippen LogP contribution >= 0.6 is 15.9 Å². The standard InChI is InChI=1S/C16H10BrNO3/c17-12-6-8-13(9-7-12)20-16(19)14-10-15(21-18-14)11-4-2-1-3-5-11/h1-10H. The van der Waals surface area contributed by atoms with Crippen LogP contribution < -0.4 is 4.74 Å². The summed E-state index contributed by atoms with van der Waals surface area (Å²) in [5.41, 5.74) is 0.990. The summed E-state index contributed by atoms with van der Waals surface area (Å²) < 4.78 is 11.3. The molecule has 0 fully saturated rings. The number of benzene rings is 2. The monoisotopic (exact) mass is 343 g/mol. The lowest BCUT2D eigenvalue weighted by Crippen LogP contribution is -2.08. The molecule has 0 saturated carbocycles. The van der Waals surface area contributed by atoms with Gasteiger partial charge in [0.1, 0.15) is 5.75 Å². The number of hydrogen-bond acceptors (Lipinski definition) is 4. The van der Waals surface area contributed by atoms with Crippen molar-refractivity contribution in [2.24, 2.45) is 0 Å². The lowest BCUT2D eigenvalue weighted by atomic mass is 10.2. The highest BCUT2D eigenvalue weighted by Crippen LogP contribution is 2.21. The van der Waals surface area contributed by atoms with Crippen molar-refractivity contribution >= 4 is 21.9 Å². The van der Waals surface area contributed by atoms with Crippen LogP contribution in [0.25, 0.3) is 11.3 Å². The Morgan fingerprint density at radius 2 is 1.76 bits per heavy atom. The molecule has 1 aromatic heterocycles. The molecule has 21 heavy (non-hydrogen) atoms. The van der Waals surface area contributed by atoms with Gasteiger partial charge in [0.05, 0.1) is 0 Å². The molecular weight excluding hydrogens is 334 g/mol. The fourth-order valence-electron chi connectivity index (χ4n) is 1.77. The topological polar surface area (TPSA) is 52.3 Å². The fourth-order valence-corrected chi connectivity index (χ4v) is 2.04.